The number of benzene rings is 2. The van der Waals surface area contributed by atoms with E-state index >= 15 is 0 Å². The van der Waals surface area contributed by atoms with Crippen LogP contribution in [0.5, 0.6) is 0 Å². The first-order chi connectivity index (χ1) is 15.3. The molecule has 2 heterocycles. The quantitative estimate of drug-likeness (QED) is 0.683. The van der Waals surface area contributed by atoms with Gasteiger partial charge in [-0.15, -0.1) is 10.2 Å². The van der Waals surface area contributed by atoms with Gasteiger partial charge in [-0.1, -0.05) is 54.6 Å². The van der Waals surface area contributed by atoms with Gasteiger partial charge in [-0.05, 0) is 55.4 Å². The van der Waals surface area contributed by atoms with Crippen molar-refractivity contribution in [1.82, 2.24) is 15.5 Å². The molecule has 0 unspecified atom stereocenters. The second-order valence-electron chi connectivity index (χ2n) is 8.56. The lowest BCUT2D eigenvalue weighted by atomic mass is 9.87. The van der Waals surface area contributed by atoms with E-state index < -0.39 is 0 Å². The molecular weight excluding hydrogens is 384 g/mol. The number of fused-ring (bicyclic) bond motifs is 1. The van der Waals surface area contributed by atoms with Gasteiger partial charge >= 0.3 is 0 Å². The maximum Gasteiger partial charge on any atom is 0.223 e. The third-order valence-electron chi connectivity index (χ3n) is 6.60. The molecule has 2 aliphatic rings. The highest BCUT2D eigenvalue weighted by Gasteiger charge is 2.29. The average Bonchev–Trinajstić information content (AvgIpc) is 2.85. The fourth-order valence-electron chi connectivity index (χ4n) is 4.82. The second kappa shape index (κ2) is 8.88. The first-order valence-electron chi connectivity index (χ1n) is 11.3. The molecular formula is C26H28N4O. The van der Waals surface area contributed by atoms with Crippen molar-refractivity contribution in [2.24, 2.45) is 5.92 Å². The van der Waals surface area contributed by atoms with Crippen LogP contribution in [0.15, 0.2) is 66.7 Å². The van der Waals surface area contributed by atoms with E-state index in [-0.39, 0.29) is 17.9 Å². The molecule has 1 aromatic heterocycles. The van der Waals surface area contributed by atoms with E-state index in [0.29, 0.717) is 0 Å². The van der Waals surface area contributed by atoms with Crippen LogP contribution in [-0.4, -0.2) is 29.2 Å². The lowest BCUT2D eigenvalue weighted by molar-refractivity contribution is -0.126. The standard InChI is InChI=1S/C26H28N4O/c31-26(27-24-12-6-10-19-7-4-5-11-22(19)24)21-15-17-30(18-16-21)25-14-13-23(28-29-25)20-8-2-1-3-9-20/h1-5,7-9,11,13-14,21,24H,6,10,12,15-18H2,(H,27,31)/t24-/m0/s1. The Hall–Kier alpha value is -3.21. The van der Waals surface area contributed by atoms with Gasteiger partial charge < -0.3 is 10.2 Å². The molecule has 158 valence electrons. The summed E-state index contributed by atoms with van der Waals surface area (Å²) >= 11 is 0. The summed E-state index contributed by atoms with van der Waals surface area (Å²) < 4.78 is 0. The molecule has 0 spiro atoms. The number of aromatic nitrogens is 2. The van der Waals surface area contributed by atoms with E-state index in [1.54, 1.807) is 0 Å². The third-order valence-corrected chi connectivity index (χ3v) is 6.60. The lowest BCUT2D eigenvalue weighted by Crippen LogP contribution is -2.42. The highest BCUT2D eigenvalue weighted by atomic mass is 16.1. The number of hydrogen-bond acceptors (Lipinski definition) is 4. The number of rotatable bonds is 4. The van der Waals surface area contributed by atoms with Gasteiger partial charge in [-0.3, -0.25) is 4.79 Å². The minimum absolute atomic E-state index is 0.0712. The van der Waals surface area contributed by atoms with Crippen molar-refractivity contribution in [3.8, 4) is 11.3 Å². The number of anilines is 1. The molecule has 5 nitrogen and oxygen atoms in total. The Morgan fingerprint density at radius 1 is 0.871 bits per heavy atom. The Balaban J connectivity index is 1.18. The van der Waals surface area contributed by atoms with Crippen LogP contribution in [0.1, 0.15) is 42.9 Å². The molecule has 1 saturated heterocycles. The van der Waals surface area contributed by atoms with Gasteiger partial charge in [0.2, 0.25) is 5.91 Å². The second-order valence-corrected chi connectivity index (χ2v) is 8.56. The summed E-state index contributed by atoms with van der Waals surface area (Å²) in [6, 6.07) is 22.8. The topological polar surface area (TPSA) is 58.1 Å². The van der Waals surface area contributed by atoms with Crippen molar-refractivity contribution in [2.75, 3.05) is 18.0 Å². The molecule has 1 amide bonds. The number of piperidine rings is 1. The Morgan fingerprint density at radius 3 is 2.42 bits per heavy atom. The van der Waals surface area contributed by atoms with Gasteiger partial charge in [0.1, 0.15) is 0 Å². The molecule has 5 heteroatoms. The zero-order valence-corrected chi connectivity index (χ0v) is 17.7. The van der Waals surface area contributed by atoms with E-state index in [1.807, 2.05) is 42.5 Å². The molecule has 5 rings (SSSR count). The van der Waals surface area contributed by atoms with Crippen LogP contribution in [-0.2, 0) is 11.2 Å². The fourth-order valence-corrected chi connectivity index (χ4v) is 4.82. The summed E-state index contributed by atoms with van der Waals surface area (Å²) in [4.78, 5) is 15.2. The van der Waals surface area contributed by atoms with Gasteiger partial charge in [-0.25, -0.2) is 0 Å². The summed E-state index contributed by atoms with van der Waals surface area (Å²) in [7, 11) is 0. The number of amides is 1. The normalized spacial score (nSPS) is 19.0. The zero-order valence-electron chi connectivity index (χ0n) is 17.7. The highest BCUT2D eigenvalue weighted by molar-refractivity contribution is 5.79. The third kappa shape index (κ3) is 4.31. The van der Waals surface area contributed by atoms with Crippen LogP contribution < -0.4 is 10.2 Å². The summed E-state index contributed by atoms with van der Waals surface area (Å²) in [5, 5.41) is 12.2. The molecule has 2 aromatic carbocycles. The molecule has 1 aliphatic carbocycles. The van der Waals surface area contributed by atoms with Crippen LogP contribution >= 0.6 is 0 Å². The zero-order chi connectivity index (χ0) is 21.0. The van der Waals surface area contributed by atoms with E-state index in [4.69, 9.17) is 0 Å². The Bertz CT molecular complexity index is 1030. The van der Waals surface area contributed by atoms with Crippen molar-refractivity contribution in [3.63, 3.8) is 0 Å². The van der Waals surface area contributed by atoms with Crippen molar-refractivity contribution >= 4 is 11.7 Å². The minimum Gasteiger partial charge on any atom is -0.355 e. The molecule has 0 saturated carbocycles. The van der Waals surface area contributed by atoms with E-state index in [2.05, 4.69) is 44.7 Å². The molecule has 31 heavy (non-hydrogen) atoms. The van der Waals surface area contributed by atoms with E-state index in [9.17, 15) is 4.79 Å². The van der Waals surface area contributed by atoms with Crippen molar-refractivity contribution in [1.29, 1.82) is 0 Å². The molecule has 1 aliphatic heterocycles. The summed E-state index contributed by atoms with van der Waals surface area (Å²) in [6.45, 7) is 1.66. The molecule has 1 fully saturated rings. The Morgan fingerprint density at radius 2 is 1.65 bits per heavy atom. The molecule has 0 radical (unpaired) electrons. The SMILES string of the molecule is O=C(N[C@H]1CCCc2ccccc21)C1CCN(c2ccc(-c3ccccc3)nn2)CC1. The van der Waals surface area contributed by atoms with Gasteiger partial charge in [0.15, 0.2) is 5.82 Å². The van der Waals surface area contributed by atoms with Gasteiger partial charge in [0.05, 0.1) is 11.7 Å². The van der Waals surface area contributed by atoms with Crippen LogP contribution in [0.4, 0.5) is 5.82 Å². The van der Waals surface area contributed by atoms with E-state index in [0.717, 1.165) is 62.3 Å². The van der Waals surface area contributed by atoms with Crippen molar-refractivity contribution in [2.45, 2.75) is 38.1 Å². The highest BCUT2D eigenvalue weighted by Crippen LogP contribution is 2.30. The number of aryl methyl sites for hydroxylation is 1. The van der Waals surface area contributed by atoms with Crippen LogP contribution in [0, 0.1) is 5.92 Å². The fraction of sp³-hybridized carbons (Fsp3) is 0.346. The number of nitrogens with zero attached hydrogens (tertiary/aromatic N) is 3. The summed E-state index contributed by atoms with van der Waals surface area (Å²) in [6.07, 6.45) is 4.98. The predicted octanol–water partition coefficient (Wildman–Crippen LogP) is 4.55. The minimum atomic E-state index is 0.0712. The molecule has 1 atom stereocenters. The first-order valence-corrected chi connectivity index (χ1v) is 11.3. The average molecular weight is 413 g/mol. The lowest BCUT2D eigenvalue weighted by Gasteiger charge is -2.33. The van der Waals surface area contributed by atoms with Gasteiger partial charge in [0, 0.05) is 24.6 Å². The maximum absolute atomic E-state index is 13.0. The summed E-state index contributed by atoms with van der Waals surface area (Å²) in [5.41, 5.74) is 4.63. The van der Waals surface area contributed by atoms with Crippen LogP contribution in [0.25, 0.3) is 11.3 Å². The van der Waals surface area contributed by atoms with Crippen molar-refractivity contribution in [3.05, 3.63) is 77.9 Å². The summed E-state index contributed by atoms with van der Waals surface area (Å²) in [5.74, 6) is 1.16. The van der Waals surface area contributed by atoms with E-state index in [1.165, 1.54) is 11.1 Å². The van der Waals surface area contributed by atoms with Crippen LogP contribution in [0.3, 0.4) is 0 Å². The van der Waals surface area contributed by atoms with Gasteiger partial charge in [-0.2, -0.15) is 0 Å². The molecule has 3 aromatic rings. The number of nitrogens with one attached hydrogen (secondary N) is 1. The number of hydrogen-bond donors (Lipinski definition) is 1. The predicted molar refractivity (Wildman–Crippen MR) is 123 cm³/mol. The first kappa shape index (κ1) is 19.7. The van der Waals surface area contributed by atoms with Crippen molar-refractivity contribution < 1.29 is 4.79 Å². The Kier molecular flexibility index (Phi) is 5.65. The smallest absolute Gasteiger partial charge is 0.223 e. The number of carbonyl (C=O) groups is 1. The largest absolute Gasteiger partial charge is 0.355 e. The van der Waals surface area contributed by atoms with Crippen LogP contribution in [0.2, 0.25) is 0 Å². The molecule has 0 bridgehead atoms. The molecule has 1 N–H and O–H groups in total. The Labute approximate surface area is 183 Å². The number of carbonyl (C=O) groups excluding carboxylic acids is 1. The maximum atomic E-state index is 13.0. The van der Waals surface area contributed by atoms with Gasteiger partial charge in [0.25, 0.3) is 0 Å². The monoisotopic (exact) mass is 412 g/mol.